The molecule has 0 aliphatic carbocycles. The third-order valence-electron chi connectivity index (χ3n) is 1.11. The molecule has 1 unspecified atom stereocenters. The van der Waals surface area contributed by atoms with Crippen LogP contribution in [0.4, 0.5) is 13.2 Å². The molecule has 0 aromatic carbocycles. The molecule has 0 saturated heterocycles. The van der Waals surface area contributed by atoms with Gasteiger partial charge in [-0.2, -0.15) is 13.2 Å². The lowest BCUT2D eigenvalue weighted by molar-refractivity contribution is -0.140. The van der Waals surface area contributed by atoms with Gasteiger partial charge in [0.05, 0.1) is 6.42 Å². The van der Waals surface area contributed by atoms with E-state index in [1.165, 1.54) is 6.92 Å². The number of carbonyl (C=O) groups is 1. The van der Waals surface area contributed by atoms with Gasteiger partial charge in [-0.15, -0.1) is 0 Å². The van der Waals surface area contributed by atoms with Crippen molar-refractivity contribution >= 4 is 5.91 Å². The second-order valence-electron chi connectivity index (χ2n) is 2.43. The molecule has 0 aliphatic rings. The third kappa shape index (κ3) is 5.76. The molecule has 1 atom stereocenters. The molecule has 0 spiro atoms. The van der Waals surface area contributed by atoms with Crippen LogP contribution in [-0.2, 0) is 4.79 Å². The maximum atomic E-state index is 11.7. The van der Waals surface area contributed by atoms with Gasteiger partial charge >= 0.3 is 6.18 Å². The van der Waals surface area contributed by atoms with E-state index in [9.17, 15) is 18.0 Å². The van der Waals surface area contributed by atoms with Crippen LogP contribution in [-0.4, -0.2) is 18.1 Å². The van der Waals surface area contributed by atoms with Crippen LogP contribution in [0.2, 0.25) is 0 Å². The molecule has 0 aliphatic heterocycles. The van der Waals surface area contributed by atoms with Gasteiger partial charge in [0.1, 0.15) is 0 Å². The van der Waals surface area contributed by atoms with Crippen molar-refractivity contribution in [1.29, 1.82) is 0 Å². The van der Waals surface area contributed by atoms with Crippen LogP contribution in [0.3, 0.4) is 0 Å². The van der Waals surface area contributed by atoms with E-state index in [4.69, 9.17) is 0 Å². The minimum Gasteiger partial charge on any atom is -0.350 e. The van der Waals surface area contributed by atoms with E-state index in [2.05, 4.69) is 11.9 Å². The maximum absolute atomic E-state index is 11.7. The molecule has 0 bridgehead atoms. The topological polar surface area (TPSA) is 29.1 Å². The number of alkyl halides is 3. The summed E-state index contributed by atoms with van der Waals surface area (Å²) < 4.78 is 35.0. The van der Waals surface area contributed by atoms with E-state index in [0.717, 1.165) is 6.08 Å². The predicted octanol–water partition coefficient (Wildman–Crippen LogP) is 1.63. The average molecular weight is 181 g/mol. The van der Waals surface area contributed by atoms with Crippen molar-refractivity contribution < 1.29 is 18.0 Å². The summed E-state index contributed by atoms with van der Waals surface area (Å²) in [4.78, 5) is 10.5. The van der Waals surface area contributed by atoms with Crippen molar-refractivity contribution in [1.82, 2.24) is 5.32 Å². The van der Waals surface area contributed by atoms with E-state index >= 15 is 0 Å². The van der Waals surface area contributed by atoms with Crippen molar-refractivity contribution in [2.75, 3.05) is 0 Å². The van der Waals surface area contributed by atoms with Gasteiger partial charge < -0.3 is 5.32 Å². The molecule has 12 heavy (non-hydrogen) atoms. The minimum atomic E-state index is -4.24. The Labute approximate surface area is 68.4 Å². The summed E-state index contributed by atoms with van der Waals surface area (Å²) in [5, 5.41) is 2.11. The Hall–Kier alpha value is -1.00. The first-order valence-electron chi connectivity index (χ1n) is 3.35. The Morgan fingerprint density at radius 3 is 2.50 bits per heavy atom. The first-order valence-corrected chi connectivity index (χ1v) is 3.35. The van der Waals surface area contributed by atoms with Gasteiger partial charge in [-0.1, -0.05) is 6.58 Å². The van der Waals surface area contributed by atoms with E-state index in [0.29, 0.717) is 0 Å². The number of hydrogen-bond acceptors (Lipinski definition) is 1. The van der Waals surface area contributed by atoms with Gasteiger partial charge in [0.25, 0.3) is 0 Å². The van der Waals surface area contributed by atoms with Gasteiger partial charge in [0, 0.05) is 6.04 Å². The van der Waals surface area contributed by atoms with Crippen molar-refractivity contribution in [2.24, 2.45) is 0 Å². The van der Waals surface area contributed by atoms with Crippen molar-refractivity contribution in [3.63, 3.8) is 0 Å². The molecule has 0 aromatic rings. The maximum Gasteiger partial charge on any atom is 0.391 e. The van der Waals surface area contributed by atoms with E-state index < -0.39 is 24.5 Å². The Kier molecular flexibility index (Phi) is 3.79. The quantitative estimate of drug-likeness (QED) is 0.659. The molecule has 0 rings (SSSR count). The monoisotopic (exact) mass is 181 g/mol. The molecule has 2 nitrogen and oxygen atoms in total. The summed E-state index contributed by atoms with van der Waals surface area (Å²) in [5.74, 6) is -0.591. The second kappa shape index (κ2) is 4.13. The standard InChI is InChI=1S/C7H10F3NO/c1-3-6(12)11-5(2)4-7(8,9)10/h3,5H,1,4H2,2H3,(H,11,12). The number of hydrogen-bond donors (Lipinski definition) is 1. The molecule has 5 heteroatoms. The van der Waals surface area contributed by atoms with Gasteiger partial charge in [0.15, 0.2) is 0 Å². The minimum absolute atomic E-state index is 0.591. The molecular formula is C7H10F3NO. The molecule has 0 heterocycles. The summed E-state index contributed by atoms with van der Waals surface area (Å²) in [5.41, 5.74) is 0. The molecule has 0 saturated carbocycles. The Balaban J connectivity index is 3.82. The Morgan fingerprint density at radius 2 is 2.17 bits per heavy atom. The lowest BCUT2D eigenvalue weighted by atomic mass is 10.2. The molecular weight excluding hydrogens is 171 g/mol. The smallest absolute Gasteiger partial charge is 0.350 e. The zero-order valence-corrected chi connectivity index (χ0v) is 6.61. The molecule has 1 N–H and O–H groups in total. The average Bonchev–Trinajstić information content (AvgIpc) is 1.82. The van der Waals surface area contributed by atoms with Crippen LogP contribution in [0, 0.1) is 0 Å². The lowest BCUT2D eigenvalue weighted by Crippen LogP contribution is -2.34. The van der Waals surface area contributed by atoms with E-state index in [1.807, 2.05) is 0 Å². The summed E-state index contributed by atoms with van der Waals surface area (Å²) in [6.07, 6.45) is -4.33. The van der Waals surface area contributed by atoms with Crippen molar-refractivity contribution in [2.45, 2.75) is 25.6 Å². The lowest BCUT2D eigenvalue weighted by Gasteiger charge is -2.14. The Morgan fingerprint density at radius 1 is 1.67 bits per heavy atom. The third-order valence-corrected chi connectivity index (χ3v) is 1.11. The van der Waals surface area contributed by atoms with Crippen LogP contribution in [0.15, 0.2) is 12.7 Å². The van der Waals surface area contributed by atoms with Crippen LogP contribution < -0.4 is 5.32 Å². The largest absolute Gasteiger partial charge is 0.391 e. The fourth-order valence-electron chi connectivity index (χ4n) is 0.700. The number of carbonyl (C=O) groups excluding carboxylic acids is 1. The highest BCUT2D eigenvalue weighted by Gasteiger charge is 2.30. The zero-order chi connectivity index (χ0) is 9.78. The predicted molar refractivity (Wildman–Crippen MR) is 38.5 cm³/mol. The molecule has 0 aromatic heterocycles. The summed E-state index contributed by atoms with van der Waals surface area (Å²) in [6.45, 7) is 4.40. The fourth-order valence-corrected chi connectivity index (χ4v) is 0.700. The highest BCUT2D eigenvalue weighted by atomic mass is 19.4. The SMILES string of the molecule is C=CC(=O)NC(C)CC(F)(F)F. The van der Waals surface area contributed by atoms with Gasteiger partial charge in [-0.05, 0) is 13.0 Å². The number of amides is 1. The van der Waals surface area contributed by atoms with E-state index in [-0.39, 0.29) is 0 Å². The highest BCUT2D eigenvalue weighted by molar-refractivity contribution is 5.87. The fraction of sp³-hybridized carbons (Fsp3) is 0.571. The number of rotatable bonds is 3. The normalized spacial score (nSPS) is 13.7. The van der Waals surface area contributed by atoms with Gasteiger partial charge in [0.2, 0.25) is 5.91 Å². The number of nitrogens with one attached hydrogen (secondary N) is 1. The highest BCUT2D eigenvalue weighted by Crippen LogP contribution is 2.21. The molecule has 0 fully saturated rings. The molecule has 70 valence electrons. The molecule has 0 radical (unpaired) electrons. The zero-order valence-electron chi connectivity index (χ0n) is 6.61. The van der Waals surface area contributed by atoms with Gasteiger partial charge in [-0.25, -0.2) is 0 Å². The summed E-state index contributed by atoms with van der Waals surface area (Å²) in [6, 6.07) is -0.907. The first kappa shape index (κ1) is 11.0. The van der Waals surface area contributed by atoms with Crippen LogP contribution >= 0.6 is 0 Å². The summed E-state index contributed by atoms with van der Waals surface area (Å²) >= 11 is 0. The van der Waals surface area contributed by atoms with Crippen LogP contribution in [0.1, 0.15) is 13.3 Å². The van der Waals surface area contributed by atoms with Crippen molar-refractivity contribution in [3.05, 3.63) is 12.7 Å². The van der Waals surface area contributed by atoms with Crippen LogP contribution in [0.25, 0.3) is 0 Å². The summed E-state index contributed by atoms with van der Waals surface area (Å²) in [7, 11) is 0. The Bertz CT molecular complexity index is 176. The second-order valence-corrected chi connectivity index (χ2v) is 2.43. The van der Waals surface area contributed by atoms with E-state index in [1.54, 1.807) is 0 Å². The van der Waals surface area contributed by atoms with Gasteiger partial charge in [-0.3, -0.25) is 4.79 Å². The van der Waals surface area contributed by atoms with Crippen molar-refractivity contribution in [3.8, 4) is 0 Å². The molecule has 1 amide bonds. The first-order chi connectivity index (χ1) is 5.35. The number of halogens is 3. The van der Waals surface area contributed by atoms with Crippen LogP contribution in [0.5, 0.6) is 0 Å².